The maximum absolute atomic E-state index is 13.9. The number of unbranched alkanes of at least 4 members (excludes halogenated alkanes) is 2. The van der Waals surface area contributed by atoms with E-state index in [-0.39, 0.29) is 16.8 Å². The first-order chi connectivity index (χ1) is 17.8. The summed E-state index contributed by atoms with van der Waals surface area (Å²) >= 11 is 1.28. The van der Waals surface area contributed by atoms with Gasteiger partial charge in [0, 0.05) is 0 Å². The number of nitrogens with zero attached hydrogens (tertiary/aromatic N) is 3. The molecule has 0 radical (unpaired) electrons. The Hall–Kier alpha value is -3.72. The van der Waals surface area contributed by atoms with Gasteiger partial charge in [-0.2, -0.15) is 0 Å². The molecule has 0 fully saturated rings. The third kappa shape index (κ3) is 4.37. The summed E-state index contributed by atoms with van der Waals surface area (Å²) in [5, 5.41) is 9.88. The van der Waals surface area contributed by atoms with Crippen LogP contribution in [0.3, 0.4) is 0 Å². The van der Waals surface area contributed by atoms with Crippen molar-refractivity contribution in [3.05, 3.63) is 73.6 Å². The Morgan fingerprint density at radius 1 is 1.03 bits per heavy atom. The molecule has 0 bridgehead atoms. The largest absolute Gasteiger partial charge is 0.493 e. The van der Waals surface area contributed by atoms with Gasteiger partial charge in [0.1, 0.15) is 10.6 Å². The monoisotopic (exact) mass is 519 g/mol. The molecule has 1 atom stereocenters. The molecule has 1 amide bonds. The molecule has 0 saturated carbocycles. The number of benzene rings is 2. The number of fused-ring (bicyclic) bond motifs is 2. The molecule has 2 aromatic carbocycles. The molecule has 3 heterocycles. The van der Waals surface area contributed by atoms with Gasteiger partial charge in [-0.3, -0.25) is 14.5 Å². The van der Waals surface area contributed by atoms with Gasteiger partial charge in [0.15, 0.2) is 16.9 Å². The molecular formula is C28H29N3O5S. The summed E-state index contributed by atoms with van der Waals surface area (Å²) in [6.45, 7) is 8.44. The van der Waals surface area contributed by atoms with Gasteiger partial charge in [-0.05, 0) is 68.1 Å². The second-order valence-corrected chi connectivity index (χ2v) is 10.4. The average Bonchev–Trinajstić information content (AvgIpc) is 3.44. The lowest BCUT2D eigenvalue weighted by molar-refractivity contribution is 0.0970. The first-order valence-corrected chi connectivity index (χ1v) is 13.2. The molecule has 1 unspecified atom stereocenters. The predicted octanol–water partition coefficient (Wildman–Crippen LogP) is 5.90. The molecule has 0 saturated heterocycles. The number of hydrogen-bond acceptors (Lipinski definition) is 8. The van der Waals surface area contributed by atoms with E-state index in [0.717, 1.165) is 30.4 Å². The molecule has 0 spiro atoms. The topological polar surface area (TPSA) is 94.8 Å². The number of carbonyl (C=O) groups is 1. The highest BCUT2D eigenvalue weighted by atomic mass is 32.1. The molecule has 0 N–H and O–H groups in total. The minimum Gasteiger partial charge on any atom is -0.493 e. The minimum absolute atomic E-state index is 0.0254. The Labute approximate surface area is 218 Å². The lowest BCUT2D eigenvalue weighted by atomic mass is 9.97. The van der Waals surface area contributed by atoms with Crippen LogP contribution in [-0.4, -0.2) is 29.8 Å². The predicted molar refractivity (Wildman–Crippen MR) is 143 cm³/mol. The average molecular weight is 520 g/mol. The van der Waals surface area contributed by atoms with E-state index in [2.05, 4.69) is 17.1 Å². The van der Waals surface area contributed by atoms with Crippen LogP contribution in [0.15, 0.2) is 39.5 Å². The maximum atomic E-state index is 13.9. The van der Waals surface area contributed by atoms with Crippen molar-refractivity contribution in [3.63, 3.8) is 0 Å². The Morgan fingerprint density at radius 3 is 2.51 bits per heavy atom. The van der Waals surface area contributed by atoms with Crippen molar-refractivity contribution < 1.29 is 18.7 Å². The van der Waals surface area contributed by atoms with Crippen LogP contribution in [0.25, 0.3) is 11.0 Å². The third-order valence-electron chi connectivity index (χ3n) is 6.72. The quantitative estimate of drug-likeness (QED) is 0.268. The van der Waals surface area contributed by atoms with Crippen molar-refractivity contribution in [1.29, 1.82) is 0 Å². The SMILES string of the molecule is CCCCCOc1ccc(C2c3c(oc4cc(C)c(C)cc4c3=O)C(=O)N2c2nnc(C)s2)cc1OC. The summed E-state index contributed by atoms with van der Waals surface area (Å²) in [5.74, 6) is 0.742. The van der Waals surface area contributed by atoms with E-state index >= 15 is 0 Å². The Morgan fingerprint density at radius 2 is 1.81 bits per heavy atom. The molecule has 192 valence electrons. The smallest absolute Gasteiger partial charge is 0.297 e. The summed E-state index contributed by atoms with van der Waals surface area (Å²) in [4.78, 5) is 29.1. The van der Waals surface area contributed by atoms with Crippen molar-refractivity contribution in [2.75, 3.05) is 18.6 Å². The van der Waals surface area contributed by atoms with Crippen LogP contribution in [-0.2, 0) is 0 Å². The van der Waals surface area contributed by atoms with E-state index in [1.165, 1.54) is 16.2 Å². The fraction of sp³-hybridized carbons (Fsp3) is 0.357. The van der Waals surface area contributed by atoms with Crippen molar-refractivity contribution in [1.82, 2.24) is 10.2 Å². The lowest BCUT2D eigenvalue weighted by Crippen LogP contribution is -2.29. The van der Waals surface area contributed by atoms with E-state index < -0.39 is 11.9 Å². The fourth-order valence-corrected chi connectivity index (χ4v) is 5.35. The van der Waals surface area contributed by atoms with Crippen LogP contribution in [0.4, 0.5) is 5.13 Å². The molecule has 2 aromatic heterocycles. The zero-order valence-corrected chi connectivity index (χ0v) is 22.4. The van der Waals surface area contributed by atoms with Crippen LogP contribution in [0.2, 0.25) is 0 Å². The summed E-state index contributed by atoms with van der Waals surface area (Å²) in [5.41, 5.74) is 3.08. The maximum Gasteiger partial charge on any atom is 0.297 e. The van der Waals surface area contributed by atoms with Crippen LogP contribution in [0.5, 0.6) is 11.5 Å². The normalized spacial score (nSPS) is 14.9. The summed E-state index contributed by atoms with van der Waals surface area (Å²) in [7, 11) is 1.57. The van der Waals surface area contributed by atoms with Gasteiger partial charge < -0.3 is 13.9 Å². The first-order valence-electron chi connectivity index (χ1n) is 12.4. The number of carbonyl (C=O) groups excluding carboxylic acids is 1. The third-order valence-corrected chi connectivity index (χ3v) is 7.55. The summed E-state index contributed by atoms with van der Waals surface area (Å²) in [6.07, 6.45) is 3.13. The highest BCUT2D eigenvalue weighted by molar-refractivity contribution is 7.15. The number of anilines is 1. The molecule has 37 heavy (non-hydrogen) atoms. The van der Waals surface area contributed by atoms with Crippen LogP contribution >= 0.6 is 11.3 Å². The van der Waals surface area contributed by atoms with Crippen molar-refractivity contribution in [2.24, 2.45) is 0 Å². The zero-order valence-electron chi connectivity index (χ0n) is 21.6. The van der Waals surface area contributed by atoms with Gasteiger partial charge in [0.25, 0.3) is 5.91 Å². The molecule has 8 nitrogen and oxygen atoms in total. The molecule has 1 aliphatic heterocycles. The first kappa shape index (κ1) is 25.0. The summed E-state index contributed by atoms with van der Waals surface area (Å²) < 4.78 is 17.7. The van der Waals surface area contributed by atoms with Crippen molar-refractivity contribution in [2.45, 2.75) is 53.0 Å². The number of aromatic nitrogens is 2. The number of ether oxygens (including phenoxy) is 2. The molecule has 4 aromatic rings. The van der Waals surface area contributed by atoms with E-state index in [4.69, 9.17) is 13.9 Å². The number of methoxy groups -OCH3 is 1. The van der Waals surface area contributed by atoms with Gasteiger partial charge in [0.2, 0.25) is 10.9 Å². The number of hydrogen-bond donors (Lipinski definition) is 0. The number of rotatable bonds is 8. The van der Waals surface area contributed by atoms with E-state index in [1.807, 2.05) is 45.0 Å². The standard InChI is InChI=1S/C28H29N3O5S/c1-6-7-8-11-35-20-10-9-18(14-22(20)34-5)24-23-25(32)19-12-15(2)16(3)13-21(19)36-26(23)27(33)31(24)28-30-29-17(4)37-28/h9-10,12-14,24H,6-8,11H2,1-5H3. The fourth-order valence-electron chi connectivity index (χ4n) is 4.63. The van der Waals surface area contributed by atoms with E-state index in [1.54, 1.807) is 13.2 Å². The van der Waals surface area contributed by atoms with Gasteiger partial charge in [-0.1, -0.05) is 37.2 Å². The van der Waals surface area contributed by atoms with Crippen molar-refractivity contribution in [3.8, 4) is 11.5 Å². The molecule has 1 aliphatic rings. The Balaban J connectivity index is 1.68. The minimum atomic E-state index is -0.750. The van der Waals surface area contributed by atoms with Gasteiger partial charge in [-0.25, -0.2) is 0 Å². The number of aryl methyl sites for hydroxylation is 3. The second kappa shape index (κ2) is 9.97. The lowest BCUT2D eigenvalue weighted by Gasteiger charge is -2.23. The Kier molecular flexibility index (Phi) is 6.72. The second-order valence-electron chi connectivity index (χ2n) is 9.25. The highest BCUT2D eigenvalue weighted by Gasteiger charge is 2.45. The molecule has 0 aliphatic carbocycles. The highest BCUT2D eigenvalue weighted by Crippen LogP contribution is 2.44. The van der Waals surface area contributed by atoms with Crippen LogP contribution in [0, 0.1) is 20.8 Å². The van der Waals surface area contributed by atoms with Crippen molar-refractivity contribution >= 4 is 33.3 Å². The van der Waals surface area contributed by atoms with E-state index in [9.17, 15) is 9.59 Å². The Bertz CT molecular complexity index is 1560. The van der Waals surface area contributed by atoms with Crippen LogP contribution in [0.1, 0.15) is 70.0 Å². The number of amides is 1. The van der Waals surface area contributed by atoms with Gasteiger partial charge in [0.05, 0.1) is 30.7 Å². The van der Waals surface area contributed by atoms with Gasteiger partial charge >= 0.3 is 0 Å². The van der Waals surface area contributed by atoms with Gasteiger partial charge in [-0.15, -0.1) is 10.2 Å². The molecule has 5 rings (SSSR count). The molecule has 9 heteroatoms. The summed E-state index contributed by atoms with van der Waals surface area (Å²) in [6, 6.07) is 8.37. The zero-order chi connectivity index (χ0) is 26.3. The van der Waals surface area contributed by atoms with Crippen LogP contribution < -0.4 is 19.8 Å². The van der Waals surface area contributed by atoms with E-state index in [0.29, 0.717) is 44.8 Å². The molecular weight excluding hydrogens is 490 g/mol.